The predicted octanol–water partition coefficient (Wildman–Crippen LogP) is 2.07. The maximum atomic E-state index is 12.6. The Labute approximate surface area is 162 Å². The maximum absolute atomic E-state index is 12.6. The number of nitrogens with two attached hydrogens (primary N) is 1. The standard InChI is InChI=1S/C18H27N3O2.2ClH/c19-13-16-7-8-17(23-16)18(22)21-10-4-9-20(11-12-21)14-15-5-2-1-3-6-15;;/h1-3,5-6,16-17H,4,7-14,19H2;2*1H/t16-,17+;;/m1../s1. The molecule has 0 bridgehead atoms. The summed E-state index contributed by atoms with van der Waals surface area (Å²) >= 11 is 0. The maximum Gasteiger partial charge on any atom is 0.251 e. The Morgan fingerprint density at radius 1 is 1.08 bits per heavy atom. The Kier molecular flexibility index (Phi) is 9.75. The van der Waals surface area contributed by atoms with Crippen LogP contribution in [0.25, 0.3) is 0 Å². The van der Waals surface area contributed by atoms with Gasteiger partial charge >= 0.3 is 0 Å². The van der Waals surface area contributed by atoms with Crippen LogP contribution in [0, 0.1) is 0 Å². The molecule has 2 aliphatic heterocycles. The van der Waals surface area contributed by atoms with Crippen molar-refractivity contribution < 1.29 is 9.53 Å². The lowest BCUT2D eigenvalue weighted by Gasteiger charge is -2.24. The number of ether oxygens (including phenoxy) is 1. The van der Waals surface area contributed by atoms with Crippen LogP contribution in [-0.4, -0.2) is 60.6 Å². The van der Waals surface area contributed by atoms with Gasteiger partial charge in [0, 0.05) is 39.3 Å². The SMILES string of the molecule is Cl.Cl.NC[C@H]1CC[C@@H](C(=O)N2CCCN(Cc3ccccc3)CC2)O1. The molecule has 2 fully saturated rings. The molecule has 2 N–H and O–H groups in total. The molecule has 0 radical (unpaired) electrons. The smallest absolute Gasteiger partial charge is 0.251 e. The number of nitrogens with zero attached hydrogens (tertiary/aromatic N) is 2. The van der Waals surface area contributed by atoms with Crippen molar-refractivity contribution in [2.24, 2.45) is 5.73 Å². The first-order chi connectivity index (χ1) is 11.3. The molecule has 25 heavy (non-hydrogen) atoms. The second-order valence-electron chi connectivity index (χ2n) is 6.50. The van der Waals surface area contributed by atoms with Gasteiger partial charge in [-0.25, -0.2) is 0 Å². The highest BCUT2D eigenvalue weighted by molar-refractivity contribution is 5.85. The molecule has 5 nitrogen and oxygen atoms in total. The van der Waals surface area contributed by atoms with Gasteiger partial charge in [0.1, 0.15) is 6.10 Å². The lowest BCUT2D eigenvalue weighted by Crippen LogP contribution is -2.41. The van der Waals surface area contributed by atoms with E-state index in [9.17, 15) is 4.79 Å². The Morgan fingerprint density at radius 2 is 1.84 bits per heavy atom. The van der Waals surface area contributed by atoms with Crippen LogP contribution in [0.1, 0.15) is 24.8 Å². The number of halogens is 2. The van der Waals surface area contributed by atoms with Crippen molar-refractivity contribution >= 4 is 30.7 Å². The molecule has 2 saturated heterocycles. The van der Waals surface area contributed by atoms with Gasteiger partial charge < -0.3 is 15.4 Å². The fourth-order valence-electron chi connectivity index (χ4n) is 3.46. The summed E-state index contributed by atoms with van der Waals surface area (Å²) in [5, 5.41) is 0. The van der Waals surface area contributed by atoms with Crippen molar-refractivity contribution in [1.82, 2.24) is 9.80 Å². The Balaban J connectivity index is 0.00000156. The van der Waals surface area contributed by atoms with E-state index in [0.29, 0.717) is 6.54 Å². The average molecular weight is 390 g/mol. The number of rotatable bonds is 4. The van der Waals surface area contributed by atoms with Gasteiger partial charge in [0.05, 0.1) is 6.10 Å². The minimum Gasteiger partial charge on any atom is -0.364 e. The Hall–Kier alpha value is -0.850. The summed E-state index contributed by atoms with van der Waals surface area (Å²) in [7, 11) is 0. The van der Waals surface area contributed by atoms with Gasteiger partial charge in [-0.1, -0.05) is 30.3 Å². The molecule has 1 aromatic carbocycles. The molecule has 0 unspecified atom stereocenters. The van der Waals surface area contributed by atoms with Gasteiger partial charge in [-0.15, -0.1) is 24.8 Å². The van der Waals surface area contributed by atoms with E-state index in [-0.39, 0.29) is 42.9 Å². The number of carbonyl (C=O) groups is 1. The van der Waals surface area contributed by atoms with Crippen LogP contribution in [0.2, 0.25) is 0 Å². The molecular weight excluding hydrogens is 361 g/mol. The molecule has 0 saturated carbocycles. The molecule has 1 aromatic rings. The molecule has 0 aromatic heterocycles. The molecule has 0 spiro atoms. The van der Waals surface area contributed by atoms with Gasteiger partial charge in [-0.2, -0.15) is 0 Å². The van der Waals surface area contributed by atoms with Crippen LogP contribution in [0.4, 0.5) is 0 Å². The van der Waals surface area contributed by atoms with Gasteiger partial charge in [0.2, 0.25) is 0 Å². The molecule has 2 aliphatic rings. The van der Waals surface area contributed by atoms with Crippen LogP contribution < -0.4 is 5.73 Å². The van der Waals surface area contributed by atoms with Crippen molar-refractivity contribution in [2.45, 2.75) is 38.0 Å². The summed E-state index contributed by atoms with van der Waals surface area (Å²) in [5.41, 5.74) is 6.97. The summed E-state index contributed by atoms with van der Waals surface area (Å²) in [6.45, 7) is 5.05. The second-order valence-corrected chi connectivity index (χ2v) is 6.50. The molecule has 3 rings (SSSR count). The van der Waals surface area contributed by atoms with Gasteiger partial charge in [-0.05, 0) is 24.8 Å². The number of benzene rings is 1. The minimum atomic E-state index is -0.274. The Bertz CT molecular complexity index is 518. The van der Waals surface area contributed by atoms with E-state index in [1.54, 1.807) is 0 Å². The van der Waals surface area contributed by atoms with Gasteiger partial charge in [0.15, 0.2) is 0 Å². The molecule has 2 atom stereocenters. The third-order valence-corrected chi connectivity index (χ3v) is 4.80. The summed E-state index contributed by atoms with van der Waals surface area (Å²) < 4.78 is 5.76. The fourth-order valence-corrected chi connectivity index (χ4v) is 3.46. The van der Waals surface area contributed by atoms with Crippen molar-refractivity contribution in [3.8, 4) is 0 Å². The first-order valence-electron chi connectivity index (χ1n) is 8.67. The van der Waals surface area contributed by atoms with E-state index in [2.05, 4.69) is 29.2 Å². The topological polar surface area (TPSA) is 58.8 Å². The first kappa shape index (κ1) is 22.2. The van der Waals surface area contributed by atoms with Crippen molar-refractivity contribution in [3.05, 3.63) is 35.9 Å². The number of amides is 1. The average Bonchev–Trinajstić information content (AvgIpc) is 2.95. The number of carbonyl (C=O) groups excluding carboxylic acids is 1. The van der Waals surface area contributed by atoms with E-state index in [1.807, 2.05) is 11.0 Å². The normalized spacial score (nSPS) is 24.1. The highest BCUT2D eigenvalue weighted by Gasteiger charge is 2.33. The van der Waals surface area contributed by atoms with E-state index in [1.165, 1.54) is 5.56 Å². The molecule has 7 heteroatoms. The lowest BCUT2D eigenvalue weighted by atomic mass is 10.2. The predicted molar refractivity (Wildman–Crippen MR) is 104 cm³/mol. The van der Waals surface area contributed by atoms with Crippen LogP contribution in [0.15, 0.2) is 30.3 Å². The highest BCUT2D eigenvalue weighted by Crippen LogP contribution is 2.21. The summed E-state index contributed by atoms with van der Waals surface area (Å²) in [6, 6.07) is 10.5. The molecule has 1 amide bonds. The molecule has 0 aliphatic carbocycles. The summed E-state index contributed by atoms with van der Waals surface area (Å²) in [4.78, 5) is 17.0. The zero-order valence-electron chi connectivity index (χ0n) is 14.5. The van der Waals surface area contributed by atoms with Crippen molar-refractivity contribution in [1.29, 1.82) is 0 Å². The van der Waals surface area contributed by atoms with Crippen molar-refractivity contribution in [3.63, 3.8) is 0 Å². The van der Waals surface area contributed by atoms with Crippen LogP contribution in [0.3, 0.4) is 0 Å². The highest BCUT2D eigenvalue weighted by atomic mass is 35.5. The van der Waals surface area contributed by atoms with Crippen LogP contribution >= 0.6 is 24.8 Å². The molecule has 142 valence electrons. The van der Waals surface area contributed by atoms with Gasteiger partial charge in [0.25, 0.3) is 5.91 Å². The summed E-state index contributed by atoms with van der Waals surface area (Å²) in [6.07, 6.45) is 2.52. The number of hydrogen-bond donors (Lipinski definition) is 1. The summed E-state index contributed by atoms with van der Waals surface area (Å²) in [5.74, 6) is 0.155. The minimum absolute atomic E-state index is 0. The van der Waals surface area contributed by atoms with E-state index < -0.39 is 0 Å². The van der Waals surface area contributed by atoms with Gasteiger partial charge in [-0.3, -0.25) is 9.69 Å². The van der Waals surface area contributed by atoms with E-state index in [0.717, 1.165) is 52.0 Å². The zero-order chi connectivity index (χ0) is 16.1. The fraction of sp³-hybridized carbons (Fsp3) is 0.611. The van der Waals surface area contributed by atoms with Crippen molar-refractivity contribution in [2.75, 3.05) is 32.7 Å². The Morgan fingerprint density at radius 3 is 2.52 bits per heavy atom. The zero-order valence-corrected chi connectivity index (χ0v) is 16.1. The quantitative estimate of drug-likeness (QED) is 0.855. The monoisotopic (exact) mass is 389 g/mol. The second kappa shape index (κ2) is 11.0. The lowest BCUT2D eigenvalue weighted by molar-refractivity contribution is -0.142. The first-order valence-corrected chi connectivity index (χ1v) is 8.67. The largest absolute Gasteiger partial charge is 0.364 e. The van der Waals surface area contributed by atoms with Crippen LogP contribution in [0.5, 0.6) is 0 Å². The third-order valence-electron chi connectivity index (χ3n) is 4.80. The molecule has 2 heterocycles. The third kappa shape index (κ3) is 6.12. The van der Waals surface area contributed by atoms with E-state index in [4.69, 9.17) is 10.5 Å². The number of hydrogen-bond acceptors (Lipinski definition) is 4. The van der Waals surface area contributed by atoms with E-state index >= 15 is 0 Å². The molecular formula is C18H29Cl2N3O2. The van der Waals surface area contributed by atoms with Crippen LogP contribution in [-0.2, 0) is 16.1 Å².